The number of aromatic nitrogens is 2. The predicted molar refractivity (Wildman–Crippen MR) is 92.2 cm³/mol. The van der Waals surface area contributed by atoms with Gasteiger partial charge in [0.05, 0.1) is 30.4 Å². The van der Waals surface area contributed by atoms with Gasteiger partial charge in [-0.15, -0.1) is 0 Å². The Bertz CT molecular complexity index is 1010. The highest BCUT2D eigenvalue weighted by atomic mass is 16.5. The number of imidazole rings is 1. The highest BCUT2D eigenvalue weighted by Crippen LogP contribution is 2.35. The smallest absolute Gasteiger partial charge is 0.342 e. The molecule has 1 aromatic heterocycles. The molecular weight excluding hydrogens is 340 g/mol. The molecule has 0 spiro atoms. The van der Waals surface area contributed by atoms with E-state index in [2.05, 4.69) is 9.97 Å². The van der Waals surface area contributed by atoms with Gasteiger partial charge in [0.2, 0.25) is 0 Å². The van der Waals surface area contributed by atoms with Gasteiger partial charge < -0.3 is 24.7 Å². The molecule has 3 N–H and O–H groups in total. The number of nitrogens with one attached hydrogen (secondary N) is 1. The highest BCUT2D eigenvalue weighted by Gasteiger charge is 2.20. The standard InChI is InChI=1S/C18H16N2O6/c1-3-26-18(24)11-8-13(21)10(7-14(11)22)16-19-12-6-4-5-9(15(12)20-16)17(23)25-2/h4-8,21-22H,3H2,1-2H3,(H,19,20). The number of ether oxygens (including phenoxy) is 2. The minimum absolute atomic E-state index is 0.140. The van der Waals surface area contributed by atoms with Crippen LogP contribution in [-0.4, -0.2) is 45.8 Å². The molecule has 134 valence electrons. The van der Waals surface area contributed by atoms with Gasteiger partial charge in [-0.1, -0.05) is 6.07 Å². The second-order valence-electron chi connectivity index (χ2n) is 5.39. The number of carbonyl (C=O) groups is 2. The molecular formula is C18H16N2O6. The van der Waals surface area contributed by atoms with Crippen LogP contribution in [0.3, 0.4) is 0 Å². The number of nitrogens with zero attached hydrogens (tertiary/aromatic N) is 1. The van der Waals surface area contributed by atoms with Gasteiger partial charge in [0.1, 0.15) is 28.4 Å². The lowest BCUT2D eigenvalue weighted by atomic mass is 10.1. The zero-order valence-electron chi connectivity index (χ0n) is 14.1. The summed E-state index contributed by atoms with van der Waals surface area (Å²) >= 11 is 0. The SMILES string of the molecule is CCOC(=O)c1cc(O)c(-c2nc3c(C(=O)OC)cccc3[nH]2)cc1O. The fourth-order valence-corrected chi connectivity index (χ4v) is 2.57. The summed E-state index contributed by atoms with van der Waals surface area (Å²) < 4.78 is 9.56. The van der Waals surface area contributed by atoms with Crippen molar-refractivity contribution < 1.29 is 29.3 Å². The Kier molecular flexibility index (Phi) is 4.49. The maximum Gasteiger partial charge on any atom is 0.342 e. The van der Waals surface area contributed by atoms with Crippen molar-refractivity contribution in [2.75, 3.05) is 13.7 Å². The first kappa shape index (κ1) is 17.3. The van der Waals surface area contributed by atoms with Crippen molar-refractivity contribution in [2.24, 2.45) is 0 Å². The third-order valence-corrected chi connectivity index (χ3v) is 3.78. The van der Waals surface area contributed by atoms with Crippen molar-refractivity contribution >= 4 is 23.0 Å². The number of esters is 2. The number of fused-ring (bicyclic) bond motifs is 1. The summed E-state index contributed by atoms with van der Waals surface area (Å²) in [6.07, 6.45) is 0. The summed E-state index contributed by atoms with van der Waals surface area (Å²) in [5.41, 5.74) is 1.19. The first-order valence-electron chi connectivity index (χ1n) is 7.76. The van der Waals surface area contributed by atoms with Gasteiger partial charge in [-0.2, -0.15) is 0 Å². The van der Waals surface area contributed by atoms with E-state index in [-0.39, 0.29) is 40.6 Å². The second kappa shape index (κ2) is 6.75. The molecule has 0 unspecified atom stereocenters. The number of hydrogen-bond donors (Lipinski definition) is 3. The van der Waals surface area contributed by atoms with Crippen LogP contribution in [0.2, 0.25) is 0 Å². The van der Waals surface area contributed by atoms with Crippen LogP contribution in [0.1, 0.15) is 27.6 Å². The quantitative estimate of drug-likeness (QED) is 0.485. The number of aromatic hydroxyl groups is 2. The van der Waals surface area contributed by atoms with E-state index in [1.165, 1.54) is 13.2 Å². The van der Waals surface area contributed by atoms with Gasteiger partial charge in [0.25, 0.3) is 0 Å². The van der Waals surface area contributed by atoms with E-state index in [0.29, 0.717) is 11.0 Å². The minimum atomic E-state index is -0.746. The van der Waals surface area contributed by atoms with Gasteiger partial charge in [-0.3, -0.25) is 0 Å². The van der Waals surface area contributed by atoms with E-state index in [1.807, 2.05) is 0 Å². The van der Waals surface area contributed by atoms with Crippen molar-refractivity contribution in [2.45, 2.75) is 6.92 Å². The molecule has 0 amide bonds. The van der Waals surface area contributed by atoms with Crippen LogP contribution in [-0.2, 0) is 9.47 Å². The van der Waals surface area contributed by atoms with E-state index in [0.717, 1.165) is 6.07 Å². The molecule has 0 saturated heterocycles. The molecule has 0 fully saturated rings. The molecule has 2 aromatic carbocycles. The molecule has 3 aromatic rings. The molecule has 0 bridgehead atoms. The van der Waals surface area contributed by atoms with Crippen LogP contribution < -0.4 is 0 Å². The van der Waals surface area contributed by atoms with E-state index < -0.39 is 11.9 Å². The van der Waals surface area contributed by atoms with E-state index >= 15 is 0 Å². The summed E-state index contributed by atoms with van der Waals surface area (Å²) in [6.45, 7) is 1.77. The summed E-state index contributed by atoms with van der Waals surface area (Å²) in [6, 6.07) is 7.26. The topological polar surface area (TPSA) is 122 Å². The van der Waals surface area contributed by atoms with Gasteiger partial charge >= 0.3 is 11.9 Å². The van der Waals surface area contributed by atoms with Gasteiger partial charge in [-0.25, -0.2) is 14.6 Å². The molecule has 8 nitrogen and oxygen atoms in total. The number of phenols is 2. The zero-order chi connectivity index (χ0) is 18.8. The molecule has 0 aliphatic carbocycles. The maximum atomic E-state index is 11.9. The van der Waals surface area contributed by atoms with Crippen molar-refractivity contribution in [3.8, 4) is 22.9 Å². The van der Waals surface area contributed by atoms with E-state index in [9.17, 15) is 19.8 Å². The molecule has 0 aliphatic rings. The Morgan fingerprint density at radius 1 is 1.12 bits per heavy atom. The number of phenolic OH excluding ortho intramolecular Hbond substituents is 2. The fourth-order valence-electron chi connectivity index (χ4n) is 2.57. The Labute approximate surface area is 148 Å². The molecule has 26 heavy (non-hydrogen) atoms. The first-order valence-corrected chi connectivity index (χ1v) is 7.76. The molecule has 8 heteroatoms. The summed E-state index contributed by atoms with van der Waals surface area (Å²) in [7, 11) is 1.27. The molecule has 0 aliphatic heterocycles. The second-order valence-corrected chi connectivity index (χ2v) is 5.39. The number of rotatable bonds is 4. The molecule has 0 saturated carbocycles. The number of aromatic amines is 1. The monoisotopic (exact) mass is 356 g/mol. The third kappa shape index (κ3) is 2.92. The average Bonchev–Trinajstić information content (AvgIpc) is 3.06. The highest BCUT2D eigenvalue weighted by molar-refractivity contribution is 6.02. The Balaban J connectivity index is 2.11. The Morgan fingerprint density at radius 3 is 2.58 bits per heavy atom. The lowest BCUT2D eigenvalue weighted by Gasteiger charge is -2.08. The molecule has 3 rings (SSSR count). The lowest BCUT2D eigenvalue weighted by molar-refractivity contribution is 0.0521. The van der Waals surface area contributed by atoms with Crippen LogP contribution in [0, 0.1) is 0 Å². The normalized spacial score (nSPS) is 10.7. The van der Waals surface area contributed by atoms with Gasteiger partial charge in [0, 0.05) is 0 Å². The number of carbonyl (C=O) groups excluding carboxylic acids is 2. The minimum Gasteiger partial charge on any atom is -0.507 e. The molecule has 0 atom stereocenters. The van der Waals surface area contributed by atoms with E-state index in [4.69, 9.17) is 9.47 Å². The number of hydrogen-bond acceptors (Lipinski definition) is 7. The number of H-pyrrole nitrogens is 1. The van der Waals surface area contributed by atoms with Crippen LogP contribution in [0.25, 0.3) is 22.4 Å². The third-order valence-electron chi connectivity index (χ3n) is 3.78. The van der Waals surface area contributed by atoms with Gasteiger partial charge in [-0.05, 0) is 31.2 Å². The van der Waals surface area contributed by atoms with Crippen molar-refractivity contribution in [3.63, 3.8) is 0 Å². The molecule has 0 radical (unpaired) electrons. The Hall–Kier alpha value is -3.55. The van der Waals surface area contributed by atoms with Crippen molar-refractivity contribution in [1.29, 1.82) is 0 Å². The fraction of sp³-hybridized carbons (Fsp3) is 0.167. The number of benzene rings is 2. The van der Waals surface area contributed by atoms with Crippen LogP contribution in [0.4, 0.5) is 0 Å². The summed E-state index contributed by atoms with van der Waals surface area (Å²) in [5.74, 6) is -1.70. The number of para-hydroxylation sites is 1. The summed E-state index contributed by atoms with van der Waals surface area (Å²) in [4.78, 5) is 30.9. The van der Waals surface area contributed by atoms with E-state index in [1.54, 1.807) is 25.1 Å². The van der Waals surface area contributed by atoms with Crippen molar-refractivity contribution in [1.82, 2.24) is 9.97 Å². The van der Waals surface area contributed by atoms with Crippen LogP contribution >= 0.6 is 0 Å². The summed E-state index contributed by atoms with van der Waals surface area (Å²) in [5, 5.41) is 20.4. The average molecular weight is 356 g/mol. The zero-order valence-corrected chi connectivity index (χ0v) is 14.1. The first-order chi connectivity index (χ1) is 12.5. The molecule has 1 heterocycles. The largest absolute Gasteiger partial charge is 0.507 e. The Morgan fingerprint density at radius 2 is 1.88 bits per heavy atom. The van der Waals surface area contributed by atoms with Crippen LogP contribution in [0.15, 0.2) is 30.3 Å². The van der Waals surface area contributed by atoms with Gasteiger partial charge in [0.15, 0.2) is 0 Å². The number of methoxy groups -OCH3 is 1. The maximum absolute atomic E-state index is 11.9. The predicted octanol–water partition coefficient (Wildman–Crippen LogP) is 2.60. The lowest BCUT2D eigenvalue weighted by Crippen LogP contribution is -2.05. The van der Waals surface area contributed by atoms with Crippen LogP contribution in [0.5, 0.6) is 11.5 Å². The van der Waals surface area contributed by atoms with Crippen molar-refractivity contribution in [3.05, 3.63) is 41.5 Å².